The molecule has 0 aliphatic carbocycles. The molecule has 0 amide bonds. The second-order valence-electron chi connectivity index (χ2n) is 6.58. The number of esters is 2. The summed E-state index contributed by atoms with van der Waals surface area (Å²) in [5.74, 6) is 0.00415. The van der Waals surface area contributed by atoms with E-state index in [0.29, 0.717) is 29.1 Å². The Kier molecular flexibility index (Phi) is 4.66. The number of ether oxygens (including phenoxy) is 2. The average Bonchev–Trinajstić information content (AvgIpc) is 2.56. The first-order valence-electron chi connectivity index (χ1n) is 8.39. The van der Waals surface area contributed by atoms with E-state index in [0.717, 1.165) is 32.5 Å². The van der Waals surface area contributed by atoms with Crippen LogP contribution in [0.5, 0.6) is 0 Å². The third-order valence-corrected chi connectivity index (χ3v) is 5.08. The van der Waals surface area contributed by atoms with Crippen molar-refractivity contribution in [1.82, 2.24) is 0 Å². The molecule has 0 spiro atoms. The van der Waals surface area contributed by atoms with Crippen LogP contribution in [-0.4, -0.2) is 55.3 Å². The summed E-state index contributed by atoms with van der Waals surface area (Å²) in [7, 11) is 0. The molecule has 3 aliphatic rings. The highest BCUT2D eigenvalue weighted by atomic mass is 16.5. The molecule has 23 heavy (non-hydrogen) atoms. The van der Waals surface area contributed by atoms with Crippen LogP contribution in [0.3, 0.4) is 0 Å². The van der Waals surface area contributed by atoms with Gasteiger partial charge in [0.25, 0.3) is 0 Å². The number of hydrogen-bond donors (Lipinski definition) is 0. The van der Waals surface area contributed by atoms with Crippen molar-refractivity contribution >= 4 is 11.9 Å². The van der Waals surface area contributed by atoms with Gasteiger partial charge in [-0.1, -0.05) is 18.2 Å². The highest BCUT2D eigenvalue weighted by molar-refractivity contribution is 5.89. The number of piperidine rings is 3. The molecule has 1 atom stereocenters. The fourth-order valence-electron chi connectivity index (χ4n) is 3.84. The van der Waals surface area contributed by atoms with Crippen LogP contribution in [0.4, 0.5) is 0 Å². The van der Waals surface area contributed by atoms with Crippen molar-refractivity contribution in [3.8, 4) is 0 Å². The van der Waals surface area contributed by atoms with Gasteiger partial charge in [0.1, 0.15) is 6.54 Å². The number of benzene rings is 1. The Morgan fingerprint density at radius 3 is 2.52 bits per heavy atom. The molecule has 0 radical (unpaired) electrons. The molecule has 3 saturated heterocycles. The molecular weight excluding hydrogens is 294 g/mol. The predicted octanol–water partition coefficient (Wildman–Crippen LogP) is 2.02. The number of fused-ring (bicyclic) bond motifs is 3. The number of nitrogens with zero attached hydrogens (tertiary/aromatic N) is 1. The summed E-state index contributed by atoms with van der Waals surface area (Å²) in [6.45, 7) is 5.30. The van der Waals surface area contributed by atoms with Gasteiger partial charge in [-0.25, -0.2) is 9.59 Å². The third-order valence-electron chi connectivity index (χ3n) is 5.08. The largest absolute Gasteiger partial charge is 0.462 e. The van der Waals surface area contributed by atoms with Crippen molar-refractivity contribution in [2.75, 3.05) is 32.8 Å². The maximum atomic E-state index is 12.3. The van der Waals surface area contributed by atoms with Crippen LogP contribution in [0.1, 0.15) is 30.1 Å². The summed E-state index contributed by atoms with van der Waals surface area (Å²) in [5, 5.41) is 0. The zero-order chi connectivity index (χ0) is 16.3. The normalized spacial score (nSPS) is 29.1. The van der Waals surface area contributed by atoms with E-state index < -0.39 is 0 Å². The van der Waals surface area contributed by atoms with Crippen molar-refractivity contribution < 1.29 is 23.5 Å². The number of rotatable bonds is 5. The second kappa shape index (κ2) is 6.71. The molecule has 0 N–H and O–H groups in total. The van der Waals surface area contributed by atoms with Gasteiger partial charge in [0, 0.05) is 18.8 Å². The van der Waals surface area contributed by atoms with E-state index in [1.807, 2.05) is 25.1 Å². The SMILES string of the molecule is CCOC(=O)C[N+]12CCC(CC1)[C@@H](OC(=O)c1ccccc1)C2. The highest BCUT2D eigenvalue weighted by Crippen LogP contribution is 2.35. The molecule has 1 aromatic rings. The Balaban J connectivity index is 1.65. The number of carbonyl (C=O) groups excluding carboxylic acids is 2. The summed E-state index contributed by atoms with van der Waals surface area (Å²) in [6.07, 6.45) is 1.91. The molecule has 124 valence electrons. The smallest absolute Gasteiger partial charge is 0.361 e. The van der Waals surface area contributed by atoms with Gasteiger partial charge in [0.2, 0.25) is 0 Å². The van der Waals surface area contributed by atoms with E-state index in [2.05, 4.69) is 0 Å². The van der Waals surface area contributed by atoms with Crippen LogP contribution >= 0.6 is 0 Å². The van der Waals surface area contributed by atoms with Gasteiger partial charge in [0.15, 0.2) is 12.6 Å². The summed E-state index contributed by atoms with van der Waals surface area (Å²) in [6, 6.07) is 9.09. The Hall–Kier alpha value is -1.88. The molecule has 1 aromatic carbocycles. The molecule has 3 aliphatic heterocycles. The maximum Gasteiger partial charge on any atom is 0.361 e. The predicted molar refractivity (Wildman–Crippen MR) is 84.7 cm³/mol. The lowest BCUT2D eigenvalue weighted by Gasteiger charge is -2.51. The van der Waals surface area contributed by atoms with Gasteiger partial charge in [-0.3, -0.25) is 0 Å². The van der Waals surface area contributed by atoms with E-state index in [1.165, 1.54) is 0 Å². The topological polar surface area (TPSA) is 52.6 Å². The van der Waals surface area contributed by atoms with E-state index in [-0.39, 0.29) is 18.0 Å². The molecule has 0 saturated carbocycles. The van der Waals surface area contributed by atoms with Crippen molar-refractivity contribution in [1.29, 1.82) is 0 Å². The Labute approximate surface area is 136 Å². The van der Waals surface area contributed by atoms with Crippen LogP contribution in [0.15, 0.2) is 30.3 Å². The molecule has 0 aromatic heterocycles. The van der Waals surface area contributed by atoms with Crippen molar-refractivity contribution in [2.24, 2.45) is 5.92 Å². The minimum atomic E-state index is -0.265. The maximum absolute atomic E-state index is 12.3. The summed E-state index contributed by atoms with van der Waals surface area (Å²) in [4.78, 5) is 24.2. The molecule has 2 bridgehead atoms. The summed E-state index contributed by atoms with van der Waals surface area (Å²) < 4.78 is 11.6. The van der Waals surface area contributed by atoms with E-state index in [1.54, 1.807) is 12.1 Å². The van der Waals surface area contributed by atoms with Gasteiger partial charge in [-0.2, -0.15) is 0 Å². The van der Waals surface area contributed by atoms with Gasteiger partial charge < -0.3 is 14.0 Å². The zero-order valence-corrected chi connectivity index (χ0v) is 13.6. The monoisotopic (exact) mass is 318 g/mol. The first-order chi connectivity index (χ1) is 11.1. The lowest BCUT2D eigenvalue weighted by Crippen LogP contribution is -2.65. The molecule has 4 rings (SSSR count). The lowest BCUT2D eigenvalue weighted by atomic mass is 9.83. The standard InChI is InChI=1S/C18H24NO4/c1-2-22-17(20)13-19-10-8-14(9-11-19)16(12-19)23-18(21)15-6-4-3-5-7-15/h3-7,14,16H,2,8-13H2,1H3/q+1/t14?,16-,19?/m0/s1. The van der Waals surface area contributed by atoms with Crippen LogP contribution in [-0.2, 0) is 14.3 Å². The van der Waals surface area contributed by atoms with Crippen molar-refractivity contribution in [3.63, 3.8) is 0 Å². The minimum Gasteiger partial charge on any atom is -0.462 e. The van der Waals surface area contributed by atoms with E-state index in [4.69, 9.17) is 9.47 Å². The second-order valence-corrected chi connectivity index (χ2v) is 6.58. The van der Waals surface area contributed by atoms with Crippen LogP contribution in [0, 0.1) is 5.92 Å². The lowest BCUT2D eigenvalue weighted by molar-refractivity contribution is -0.939. The first-order valence-corrected chi connectivity index (χ1v) is 8.39. The molecular formula is C18H24NO4+. The highest BCUT2D eigenvalue weighted by Gasteiger charge is 2.48. The van der Waals surface area contributed by atoms with Gasteiger partial charge in [-0.05, 0) is 19.1 Å². The van der Waals surface area contributed by atoms with Crippen LogP contribution in [0.25, 0.3) is 0 Å². The average molecular weight is 318 g/mol. The Bertz CT molecular complexity index is 564. The zero-order valence-electron chi connectivity index (χ0n) is 13.6. The Morgan fingerprint density at radius 2 is 1.87 bits per heavy atom. The number of quaternary nitrogens is 1. The van der Waals surface area contributed by atoms with E-state index in [9.17, 15) is 9.59 Å². The first kappa shape index (κ1) is 16.0. The van der Waals surface area contributed by atoms with E-state index >= 15 is 0 Å². The van der Waals surface area contributed by atoms with Crippen molar-refractivity contribution in [2.45, 2.75) is 25.9 Å². The quantitative estimate of drug-likeness (QED) is 0.616. The summed E-state index contributed by atoms with van der Waals surface area (Å²) >= 11 is 0. The third kappa shape index (κ3) is 3.55. The van der Waals surface area contributed by atoms with Gasteiger partial charge in [-0.15, -0.1) is 0 Å². The summed E-state index contributed by atoms with van der Waals surface area (Å²) in [5.41, 5.74) is 0.584. The minimum absolute atomic E-state index is 0.0976. The fourth-order valence-corrected chi connectivity index (χ4v) is 3.84. The molecule has 0 unspecified atom stereocenters. The fraction of sp³-hybridized carbons (Fsp3) is 0.556. The van der Waals surface area contributed by atoms with Gasteiger partial charge in [0.05, 0.1) is 25.3 Å². The molecule has 5 nitrogen and oxygen atoms in total. The molecule has 3 fully saturated rings. The van der Waals surface area contributed by atoms with Crippen LogP contribution in [0.2, 0.25) is 0 Å². The van der Waals surface area contributed by atoms with Gasteiger partial charge >= 0.3 is 11.9 Å². The van der Waals surface area contributed by atoms with Crippen LogP contribution < -0.4 is 0 Å². The van der Waals surface area contributed by atoms with Crippen molar-refractivity contribution in [3.05, 3.63) is 35.9 Å². The number of hydrogen-bond acceptors (Lipinski definition) is 4. The molecule has 3 heterocycles. The number of carbonyl (C=O) groups is 2. The molecule has 5 heteroatoms. The Morgan fingerprint density at radius 1 is 1.17 bits per heavy atom.